The lowest BCUT2D eigenvalue weighted by Gasteiger charge is -2.10. The number of methoxy groups -OCH3 is 1. The number of aryl methyl sites for hydroxylation is 2. The smallest absolute Gasteiger partial charge is 0.358 e. The Morgan fingerprint density at radius 3 is 2.69 bits per heavy atom. The Balaban J connectivity index is 2.73. The first-order valence-corrected chi connectivity index (χ1v) is 4.96. The highest BCUT2D eigenvalue weighted by molar-refractivity contribution is 5.93. The van der Waals surface area contributed by atoms with E-state index in [0.29, 0.717) is 11.4 Å². The van der Waals surface area contributed by atoms with Gasteiger partial charge in [-0.2, -0.15) is 5.10 Å². The number of nitrogens with zero attached hydrogens (tertiary/aromatic N) is 2. The van der Waals surface area contributed by atoms with Crippen molar-refractivity contribution in [3.8, 4) is 0 Å². The molecule has 0 aliphatic heterocycles. The molecule has 0 spiro atoms. The van der Waals surface area contributed by atoms with Gasteiger partial charge in [0, 0.05) is 14.2 Å². The largest absolute Gasteiger partial charge is 0.458 e. The van der Waals surface area contributed by atoms with Crippen LogP contribution in [-0.4, -0.2) is 35.6 Å². The molecule has 1 atom stereocenters. The second-order valence-electron chi connectivity index (χ2n) is 3.62. The zero-order chi connectivity index (χ0) is 12.3. The van der Waals surface area contributed by atoms with Crippen LogP contribution in [-0.2, 0) is 16.5 Å². The third-order valence-electron chi connectivity index (χ3n) is 2.31. The Hall–Kier alpha value is -1.56. The van der Waals surface area contributed by atoms with E-state index >= 15 is 0 Å². The molecule has 0 radical (unpaired) electrons. The summed E-state index contributed by atoms with van der Waals surface area (Å²) < 4.78 is 11.4. The topological polar surface area (TPSA) is 79.4 Å². The number of nitrogen functional groups attached to an aromatic ring is 1. The van der Waals surface area contributed by atoms with E-state index in [0.717, 1.165) is 0 Å². The number of anilines is 1. The number of aromatic nitrogens is 2. The lowest BCUT2D eigenvalue weighted by atomic mass is 10.3. The fourth-order valence-electron chi connectivity index (χ4n) is 1.25. The molecule has 0 aromatic carbocycles. The van der Waals surface area contributed by atoms with Crippen molar-refractivity contribution in [3.05, 3.63) is 11.4 Å². The third kappa shape index (κ3) is 2.52. The predicted molar refractivity (Wildman–Crippen MR) is 59.1 cm³/mol. The Labute approximate surface area is 94.3 Å². The van der Waals surface area contributed by atoms with Crippen LogP contribution in [0, 0.1) is 6.92 Å². The first-order valence-electron chi connectivity index (χ1n) is 4.96. The Morgan fingerprint density at radius 2 is 2.25 bits per heavy atom. The van der Waals surface area contributed by atoms with E-state index in [9.17, 15) is 4.79 Å². The van der Waals surface area contributed by atoms with Crippen molar-refractivity contribution in [1.82, 2.24) is 9.78 Å². The lowest BCUT2D eigenvalue weighted by Crippen LogP contribution is -2.20. The van der Waals surface area contributed by atoms with Crippen LogP contribution >= 0.6 is 0 Å². The first kappa shape index (κ1) is 12.5. The average Bonchev–Trinajstić information content (AvgIpc) is 2.49. The number of carbonyl (C=O) groups excluding carboxylic acids is 1. The molecule has 1 aromatic heterocycles. The van der Waals surface area contributed by atoms with Gasteiger partial charge in [0.1, 0.15) is 6.61 Å². The monoisotopic (exact) mass is 227 g/mol. The number of esters is 1. The molecule has 6 nitrogen and oxygen atoms in total. The van der Waals surface area contributed by atoms with Crippen LogP contribution in [0.15, 0.2) is 0 Å². The van der Waals surface area contributed by atoms with Crippen LogP contribution < -0.4 is 5.73 Å². The van der Waals surface area contributed by atoms with Crippen molar-refractivity contribution in [2.24, 2.45) is 7.05 Å². The minimum absolute atomic E-state index is 0.139. The maximum Gasteiger partial charge on any atom is 0.358 e. The van der Waals surface area contributed by atoms with Gasteiger partial charge < -0.3 is 15.2 Å². The van der Waals surface area contributed by atoms with Gasteiger partial charge in [-0.25, -0.2) is 4.79 Å². The lowest BCUT2D eigenvalue weighted by molar-refractivity contribution is 0.0161. The Morgan fingerprint density at radius 1 is 1.62 bits per heavy atom. The second kappa shape index (κ2) is 4.98. The summed E-state index contributed by atoms with van der Waals surface area (Å²) in [6.45, 7) is 3.74. The number of hydrogen-bond donors (Lipinski definition) is 1. The highest BCUT2D eigenvalue weighted by Crippen LogP contribution is 2.16. The van der Waals surface area contributed by atoms with Crippen molar-refractivity contribution in [1.29, 1.82) is 0 Å². The minimum Gasteiger partial charge on any atom is -0.458 e. The van der Waals surface area contributed by atoms with E-state index in [1.165, 1.54) is 4.68 Å². The van der Waals surface area contributed by atoms with Gasteiger partial charge in [-0.15, -0.1) is 0 Å². The van der Waals surface area contributed by atoms with Crippen LogP contribution in [0.5, 0.6) is 0 Å². The van der Waals surface area contributed by atoms with E-state index < -0.39 is 5.97 Å². The van der Waals surface area contributed by atoms with Gasteiger partial charge in [0.05, 0.1) is 17.5 Å². The maximum atomic E-state index is 11.7. The fourth-order valence-corrected chi connectivity index (χ4v) is 1.25. The zero-order valence-electron chi connectivity index (χ0n) is 9.98. The highest BCUT2D eigenvalue weighted by atomic mass is 16.6. The molecule has 6 heteroatoms. The molecule has 1 heterocycles. The van der Waals surface area contributed by atoms with Gasteiger partial charge in [0.25, 0.3) is 0 Å². The molecule has 90 valence electrons. The van der Waals surface area contributed by atoms with Crippen LogP contribution in [0.25, 0.3) is 0 Å². The molecular weight excluding hydrogens is 210 g/mol. The molecule has 1 unspecified atom stereocenters. The summed E-state index contributed by atoms with van der Waals surface area (Å²) in [6.07, 6.45) is -0.139. The van der Waals surface area contributed by atoms with Gasteiger partial charge in [-0.1, -0.05) is 0 Å². The highest BCUT2D eigenvalue weighted by Gasteiger charge is 2.19. The summed E-state index contributed by atoms with van der Waals surface area (Å²) in [5.74, 6) is -0.482. The van der Waals surface area contributed by atoms with E-state index in [1.807, 2.05) is 6.92 Å². The van der Waals surface area contributed by atoms with Crippen molar-refractivity contribution in [3.63, 3.8) is 0 Å². The number of ether oxygens (including phenoxy) is 2. The van der Waals surface area contributed by atoms with Crippen LogP contribution in [0.2, 0.25) is 0 Å². The molecule has 0 aliphatic rings. The molecule has 0 bridgehead atoms. The first-order chi connectivity index (χ1) is 7.47. The van der Waals surface area contributed by atoms with E-state index in [2.05, 4.69) is 5.10 Å². The minimum atomic E-state index is -0.482. The van der Waals surface area contributed by atoms with Gasteiger partial charge in [-0.3, -0.25) is 4.68 Å². The summed E-state index contributed by atoms with van der Waals surface area (Å²) in [5, 5.41) is 4.04. The molecule has 0 saturated carbocycles. The normalized spacial score (nSPS) is 12.5. The summed E-state index contributed by atoms with van der Waals surface area (Å²) in [7, 11) is 3.21. The maximum absolute atomic E-state index is 11.7. The predicted octanol–water partition coefficient (Wildman–Crippen LogP) is 0.502. The second-order valence-corrected chi connectivity index (χ2v) is 3.62. The molecule has 0 aliphatic carbocycles. The van der Waals surface area contributed by atoms with Crippen molar-refractivity contribution >= 4 is 11.7 Å². The quantitative estimate of drug-likeness (QED) is 0.758. The number of nitrogens with two attached hydrogens (primary N) is 1. The molecule has 0 amide bonds. The molecule has 16 heavy (non-hydrogen) atoms. The fraction of sp³-hybridized carbons (Fsp3) is 0.600. The van der Waals surface area contributed by atoms with E-state index in [4.69, 9.17) is 15.2 Å². The van der Waals surface area contributed by atoms with Crippen LogP contribution in [0.4, 0.5) is 5.69 Å². The third-order valence-corrected chi connectivity index (χ3v) is 2.31. The van der Waals surface area contributed by atoms with Crippen molar-refractivity contribution in [2.45, 2.75) is 20.0 Å². The summed E-state index contributed by atoms with van der Waals surface area (Å²) >= 11 is 0. The molecular formula is C10H17N3O3. The van der Waals surface area contributed by atoms with Gasteiger partial charge >= 0.3 is 5.97 Å². The molecule has 0 saturated heterocycles. The Kier molecular flexibility index (Phi) is 3.89. The van der Waals surface area contributed by atoms with Gasteiger partial charge in [0.2, 0.25) is 0 Å². The zero-order valence-corrected chi connectivity index (χ0v) is 9.98. The summed E-state index contributed by atoms with van der Waals surface area (Å²) in [4.78, 5) is 11.7. The Bertz CT molecular complexity index is 387. The molecule has 0 fully saturated rings. The SMILES string of the molecule is COC(C)COC(=O)c1c(N)c(C)nn1C. The van der Waals surface area contributed by atoms with Crippen LogP contribution in [0.1, 0.15) is 23.1 Å². The van der Waals surface area contributed by atoms with Crippen molar-refractivity contribution in [2.75, 3.05) is 19.5 Å². The number of carbonyl (C=O) groups is 1. The molecule has 1 rings (SSSR count). The summed E-state index contributed by atoms with van der Waals surface area (Å²) in [6, 6.07) is 0. The van der Waals surface area contributed by atoms with Gasteiger partial charge in [0.15, 0.2) is 5.69 Å². The van der Waals surface area contributed by atoms with Gasteiger partial charge in [-0.05, 0) is 13.8 Å². The average molecular weight is 227 g/mol. The molecule has 1 aromatic rings. The van der Waals surface area contributed by atoms with Crippen LogP contribution in [0.3, 0.4) is 0 Å². The van der Waals surface area contributed by atoms with E-state index in [-0.39, 0.29) is 18.4 Å². The number of hydrogen-bond acceptors (Lipinski definition) is 5. The summed E-state index contributed by atoms with van der Waals surface area (Å²) in [5.41, 5.74) is 6.98. The van der Waals surface area contributed by atoms with E-state index in [1.54, 1.807) is 21.1 Å². The van der Waals surface area contributed by atoms with Crippen molar-refractivity contribution < 1.29 is 14.3 Å². The molecule has 2 N–H and O–H groups in total. The number of rotatable bonds is 4. The standard InChI is InChI=1S/C10H17N3O3/c1-6(15-4)5-16-10(14)9-8(11)7(2)12-13(9)3/h6H,5,11H2,1-4H3.